The van der Waals surface area contributed by atoms with Gasteiger partial charge in [0.25, 0.3) is 0 Å². The summed E-state index contributed by atoms with van der Waals surface area (Å²) in [7, 11) is 0. The SMILES string of the molecule is CCOC(=O)C1=C(C)OC(N)=C(C#N)C1c1cc(Cl)c(OCc2ccc(C)cc2)c(Cl)c1. The molecule has 1 heterocycles. The van der Waals surface area contributed by atoms with Crippen LogP contribution in [-0.2, 0) is 20.9 Å². The van der Waals surface area contributed by atoms with E-state index in [0.717, 1.165) is 11.1 Å². The Hall–Kier alpha value is -3.14. The Morgan fingerprint density at radius 1 is 1.19 bits per heavy atom. The third-order valence-corrected chi connectivity index (χ3v) is 5.52. The summed E-state index contributed by atoms with van der Waals surface area (Å²) in [6, 6.07) is 13.1. The van der Waals surface area contributed by atoms with Crippen LogP contribution < -0.4 is 10.5 Å². The first-order chi connectivity index (χ1) is 15.3. The zero-order valence-corrected chi connectivity index (χ0v) is 19.4. The summed E-state index contributed by atoms with van der Waals surface area (Å²) < 4.78 is 16.4. The largest absolute Gasteiger partial charge is 0.486 e. The molecule has 6 nitrogen and oxygen atoms in total. The van der Waals surface area contributed by atoms with Crippen LogP contribution in [0, 0.1) is 18.3 Å². The third kappa shape index (κ3) is 4.85. The predicted molar refractivity (Wildman–Crippen MR) is 122 cm³/mol. The number of allylic oxidation sites excluding steroid dienone is 2. The second-order valence-electron chi connectivity index (χ2n) is 7.20. The van der Waals surface area contributed by atoms with Crippen molar-refractivity contribution in [2.75, 3.05) is 6.61 Å². The van der Waals surface area contributed by atoms with E-state index in [4.69, 9.17) is 43.1 Å². The fraction of sp³-hybridized carbons (Fsp3) is 0.250. The highest BCUT2D eigenvalue weighted by Gasteiger charge is 2.37. The summed E-state index contributed by atoms with van der Waals surface area (Å²) >= 11 is 13.0. The molecule has 1 aliphatic rings. The summed E-state index contributed by atoms with van der Waals surface area (Å²) in [4.78, 5) is 12.7. The Labute approximate surface area is 196 Å². The summed E-state index contributed by atoms with van der Waals surface area (Å²) in [5.74, 6) is -0.985. The van der Waals surface area contributed by atoms with E-state index in [-0.39, 0.29) is 46.0 Å². The molecule has 8 heteroatoms. The number of ether oxygens (including phenoxy) is 3. The number of nitrogens with zero attached hydrogens (tertiary/aromatic N) is 1. The van der Waals surface area contributed by atoms with Gasteiger partial charge in [0.1, 0.15) is 24.0 Å². The van der Waals surface area contributed by atoms with E-state index in [1.807, 2.05) is 37.3 Å². The van der Waals surface area contributed by atoms with E-state index in [1.165, 1.54) is 0 Å². The molecule has 3 rings (SSSR count). The van der Waals surface area contributed by atoms with Crippen LogP contribution in [0.1, 0.15) is 36.5 Å². The molecule has 1 aliphatic heterocycles. The molecule has 2 aromatic rings. The molecule has 0 spiro atoms. The van der Waals surface area contributed by atoms with E-state index in [9.17, 15) is 10.1 Å². The number of aryl methyl sites for hydroxylation is 1. The van der Waals surface area contributed by atoms with E-state index in [1.54, 1.807) is 26.0 Å². The van der Waals surface area contributed by atoms with Gasteiger partial charge in [0.05, 0.1) is 28.1 Å². The first-order valence-corrected chi connectivity index (χ1v) is 10.6. The van der Waals surface area contributed by atoms with Gasteiger partial charge in [-0.15, -0.1) is 0 Å². The molecule has 32 heavy (non-hydrogen) atoms. The van der Waals surface area contributed by atoms with Crippen LogP contribution in [0.5, 0.6) is 5.75 Å². The van der Waals surface area contributed by atoms with Crippen molar-refractivity contribution < 1.29 is 19.0 Å². The van der Waals surface area contributed by atoms with Crippen LogP contribution in [0.25, 0.3) is 0 Å². The normalized spacial score (nSPS) is 15.8. The van der Waals surface area contributed by atoms with Gasteiger partial charge in [-0.3, -0.25) is 0 Å². The Kier molecular flexibility index (Phi) is 7.34. The Morgan fingerprint density at radius 3 is 2.38 bits per heavy atom. The van der Waals surface area contributed by atoms with Crippen LogP contribution in [0.4, 0.5) is 0 Å². The van der Waals surface area contributed by atoms with Gasteiger partial charge in [-0.2, -0.15) is 5.26 Å². The van der Waals surface area contributed by atoms with Crippen LogP contribution in [0.15, 0.2) is 59.2 Å². The quantitative estimate of drug-likeness (QED) is 0.555. The minimum absolute atomic E-state index is 0.0686. The molecular formula is C24H22Cl2N2O4. The van der Waals surface area contributed by atoms with Crippen molar-refractivity contribution in [3.63, 3.8) is 0 Å². The molecule has 166 valence electrons. The minimum atomic E-state index is -0.839. The number of carbonyl (C=O) groups is 1. The summed E-state index contributed by atoms with van der Waals surface area (Å²) in [5.41, 5.74) is 8.76. The molecule has 2 N–H and O–H groups in total. The van der Waals surface area contributed by atoms with Gasteiger partial charge >= 0.3 is 5.97 Å². The van der Waals surface area contributed by atoms with Crippen molar-refractivity contribution >= 4 is 29.2 Å². The minimum Gasteiger partial charge on any atom is -0.486 e. The monoisotopic (exact) mass is 472 g/mol. The molecule has 0 aromatic heterocycles. The molecule has 0 radical (unpaired) electrons. The number of nitriles is 1. The van der Waals surface area contributed by atoms with Gasteiger partial charge in [-0.1, -0.05) is 53.0 Å². The first-order valence-electron chi connectivity index (χ1n) is 9.89. The number of esters is 1. The van der Waals surface area contributed by atoms with Crippen molar-refractivity contribution in [1.82, 2.24) is 0 Å². The van der Waals surface area contributed by atoms with Gasteiger partial charge in [-0.25, -0.2) is 4.79 Å². The smallest absolute Gasteiger partial charge is 0.338 e. The van der Waals surface area contributed by atoms with Gasteiger partial charge in [0, 0.05) is 0 Å². The molecule has 0 aliphatic carbocycles. The van der Waals surface area contributed by atoms with Crippen LogP contribution in [0.2, 0.25) is 10.0 Å². The Balaban J connectivity index is 1.99. The zero-order chi connectivity index (χ0) is 23.4. The highest BCUT2D eigenvalue weighted by molar-refractivity contribution is 6.37. The lowest BCUT2D eigenvalue weighted by Crippen LogP contribution is -2.25. The molecule has 0 fully saturated rings. The van der Waals surface area contributed by atoms with Crippen LogP contribution in [-0.4, -0.2) is 12.6 Å². The fourth-order valence-corrected chi connectivity index (χ4v) is 4.03. The number of hydrogen-bond acceptors (Lipinski definition) is 6. The highest BCUT2D eigenvalue weighted by Crippen LogP contribution is 2.44. The number of halogens is 2. The van der Waals surface area contributed by atoms with Crippen molar-refractivity contribution in [2.45, 2.75) is 33.3 Å². The first kappa shape index (κ1) is 23.5. The summed E-state index contributed by atoms with van der Waals surface area (Å²) in [5, 5.41) is 10.2. The topological polar surface area (TPSA) is 94.6 Å². The number of rotatable bonds is 6. The van der Waals surface area contributed by atoms with E-state index < -0.39 is 11.9 Å². The van der Waals surface area contributed by atoms with Crippen molar-refractivity contribution in [1.29, 1.82) is 5.26 Å². The van der Waals surface area contributed by atoms with Crippen molar-refractivity contribution in [2.24, 2.45) is 5.73 Å². The van der Waals surface area contributed by atoms with Gasteiger partial charge in [0.2, 0.25) is 5.88 Å². The summed E-state index contributed by atoms with van der Waals surface area (Å²) in [6.07, 6.45) is 0. The molecule has 0 saturated carbocycles. The number of nitrogens with two attached hydrogens (primary N) is 1. The molecule has 0 saturated heterocycles. The lowest BCUT2D eigenvalue weighted by Gasteiger charge is -2.27. The summed E-state index contributed by atoms with van der Waals surface area (Å²) in [6.45, 7) is 5.72. The maximum absolute atomic E-state index is 12.7. The maximum atomic E-state index is 12.7. The lowest BCUT2D eigenvalue weighted by molar-refractivity contribution is -0.139. The zero-order valence-electron chi connectivity index (χ0n) is 17.9. The predicted octanol–water partition coefficient (Wildman–Crippen LogP) is 5.53. The second-order valence-corrected chi connectivity index (χ2v) is 8.02. The van der Waals surface area contributed by atoms with Crippen LogP contribution >= 0.6 is 23.2 Å². The molecule has 0 amide bonds. The molecule has 2 aromatic carbocycles. The molecule has 1 unspecified atom stereocenters. The van der Waals surface area contributed by atoms with E-state index in [0.29, 0.717) is 11.3 Å². The van der Waals surface area contributed by atoms with E-state index >= 15 is 0 Å². The lowest BCUT2D eigenvalue weighted by atomic mass is 9.83. The average molecular weight is 473 g/mol. The number of carbonyl (C=O) groups excluding carboxylic acids is 1. The van der Waals surface area contributed by atoms with Crippen molar-refractivity contribution in [3.05, 3.63) is 85.9 Å². The maximum Gasteiger partial charge on any atom is 0.338 e. The average Bonchev–Trinajstić information content (AvgIpc) is 2.74. The second kappa shape index (κ2) is 9.99. The Morgan fingerprint density at radius 2 is 1.81 bits per heavy atom. The molecular weight excluding hydrogens is 451 g/mol. The van der Waals surface area contributed by atoms with Gasteiger partial charge in [-0.05, 0) is 44.0 Å². The third-order valence-electron chi connectivity index (χ3n) is 4.96. The van der Waals surface area contributed by atoms with Gasteiger partial charge < -0.3 is 19.9 Å². The van der Waals surface area contributed by atoms with Crippen molar-refractivity contribution in [3.8, 4) is 11.8 Å². The fourth-order valence-electron chi connectivity index (χ4n) is 3.41. The highest BCUT2D eigenvalue weighted by atomic mass is 35.5. The number of benzene rings is 2. The molecule has 0 bridgehead atoms. The van der Waals surface area contributed by atoms with Gasteiger partial charge in [0.15, 0.2) is 5.75 Å². The standard InChI is InChI=1S/C24H22Cl2N2O4/c1-4-30-24(29)20-14(3)32-23(28)17(11-27)21(20)16-9-18(25)22(19(26)10-16)31-12-15-7-5-13(2)6-8-15/h5-10,21H,4,12,28H2,1-3H3. The number of hydrogen-bond donors (Lipinski definition) is 1. The molecule has 1 atom stereocenters. The van der Waals surface area contributed by atoms with Crippen LogP contribution in [0.3, 0.4) is 0 Å². The van der Waals surface area contributed by atoms with E-state index in [2.05, 4.69) is 0 Å². The Bertz CT molecular complexity index is 1120.